The highest BCUT2D eigenvalue weighted by Gasteiger charge is 2.37. The summed E-state index contributed by atoms with van der Waals surface area (Å²) in [7, 11) is -8.55. The number of nitrogens with one attached hydrogen (secondary N) is 1. The highest BCUT2D eigenvalue weighted by atomic mass is 32.2. The summed E-state index contributed by atoms with van der Waals surface area (Å²) in [6.45, 7) is 0. The average Bonchev–Trinajstić information content (AvgIpc) is 2.76. The summed E-state index contributed by atoms with van der Waals surface area (Å²) in [6, 6.07) is 8.68. The number of nitrogens with two attached hydrogens (primary N) is 3. The Morgan fingerprint density at radius 3 is 2.33 bits per heavy atom. The molecule has 13 nitrogen and oxygen atoms in total. The molecule has 1 aromatic heterocycles. The third-order valence-corrected chi connectivity index (χ3v) is 7.23. The van der Waals surface area contributed by atoms with Gasteiger partial charge in [-0.3, -0.25) is 0 Å². The number of hydrogen-bond acceptors (Lipinski definition) is 8. The van der Waals surface area contributed by atoms with Crippen LogP contribution in [0.25, 0.3) is 11.1 Å². The number of ether oxygens (including phenoxy) is 1. The highest BCUT2D eigenvalue weighted by Crippen LogP contribution is 2.28. The zero-order valence-corrected chi connectivity index (χ0v) is 20.4. The molecule has 0 fully saturated rings. The van der Waals surface area contributed by atoms with Gasteiger partial charge in [0, 0.05) is 29.7 Å². The van der Waals surface area contributed by atoms with E-state index in [9.17, 15) is 25.9 Å². The van der Waals surface area contributed by atoms with Crippen molar-refractivity contribution in [1.29, 1.82) is 0 Å². The van der Waals surface area contributed by atoms with Gasteiger partial charge in [0.05, 0.1) is 6.26 Å². The summed E-state index contributed by atoms with van der Waals surface area (Å²) in [5.74, 6) is 5.31. The Balaban J connectivity index is 2.08. The largest absolute Gasteiger partial charge is 0.748 e. The van der Waals surface area contributed by atoms with Crippen LogP contribution in [0.15, 0.2) is 59.6 Å². The lowest BCUT2D eigenvalue weighted by Crippen LogP contribution is -2.84. The number of guanidine groups is 2. The van der Waals surface area contributed by atoms with Gasteiger partial charge in [-0.05, 0) is 23.3 Å². The van der Waals surface area contributed by atoms with E-state index < -0.39 is 37.3 Å². The Labute approximate surface area is 207 Å². The molecule has 190 valence electrons. The predicted molar refractivity (Wildman–Crippen MR) is 126 cm³/mol. The summed E-state index contributed by atoms with van der Waals surface area (Å²) >= 11 is 0. The molecular weight excluding hydrogens is 512 g/mol. The fourth-order valence-electron chi connectivity index (χ4n) is 3.27. The number of pyridine rings is 1. The Hall–Kier alpha value is -3.97. The fraction of sp³-hybridized carbons (Fsp3) is 0.190. The summed E-state index contributed by atoms with van der Waals surface area (Å²) in [6.07, 6.45) is 3.90. The molecule has 0 bridgehead atoms. The summed E-state index contributed by atoms with van der Waals surface area (Å²) in [5.41, 5.74) is 16.4. The first kappa shape index (κ1) is 26.6. The van der Waals surface area contributed by atoms with E-state index in [1.165, 1.54) is 0 Å². The van der Waals surface area contributed by atoms with Crippen molar-refractivity contribution in [3.63, 3.8) is 0 Å². The van der Waals surface area contributed by atoms with Crippen LogP contribution >= 0.6 is 0 Å². The number of aliphatic imine (C=N–C) groups is 1. The smallest absolute Gasteiger partial charge is 0.316 e. The van der Waals surface area contributed by atoms with Crippen LogP contribution in [0.3, 0.4) is 0 Å². The Morgan fingerprint density at radius 2 is 1.75 bits per heavy atom. The van der Waals surface area contributed by atoms with E-state index in [0.717, 1.165) is 11.8 Å². The van der Waals surface area contributed by atoms with Crippen LogP contribution in [0.4, 0.5) is 5.69 Å². The summed E-state index contributed by atoms with van der Waals surface area (Å²) in [4.78, 5) is 6.61. The second-order valence-electron chi connectivity index (χ2n) is 7.69. The molecule has 0 aliphatic carbocycles. The minimum atomic E-state index is -5.22. The lowest BCUT2D eigenvalue weighted by atomic mass is 9.99. The van der Waals surface area contributed by atoms with Crippen molar-refractivity contribution in [3.8, 4) is 23.0 Å². The third kappa shape index (κ3) is 6.79. The average molecular weight is 535 g/mol. The van der Waals surface area contributed by atoms with Gasteiger partial charge in [-0.2, -0.15) is 0 Å². The van der Waals surface area contributed by atoms with Crippen LogP contribution in [0.1, 0.15) is 12.0 Å². The summed E-state index contributed by atoms with van der Waals surface area (Å²) < 4.78 is 75.4. The topological polar surface area (TPSA) is 232 Å². The SMILES string of the molecule is C[n+]1ccc(-c2ccc(N=C(N)[NH+]=C(N)N)cc2C#CC2=CO[C@H](S(=O)(=O)[O-])[C@H](S(=O)(=O)[O-])C2)cc1. The van der Waals surface area contributed by atoms with Gasteiger partial charge in [-0.15, -0.1) is 4.99 Å². The van der Waals surface area contributed by atoms with Gasteiger partial charge in [0.25, 0.3) is 5.96 Å². The number of aryl methyl sites for hydroxylation is 1. The van der Waals surface area contributed by atoms with E-state index in [1.807, 2.05) is 36.1 Å². The van der Waals surface area contributed by atoms with Crippen molar-refractivity contribution in [1.82, 2.24) is 0 Å². The van der Waals surface area contributed by atoms with Crippen LogP contribution < -0.4 is 26.8 Å². The Morgan fingerprint density at radius 1 is 1.08 bits per heavy atom. The second-order valence-corrected chi connectivity index (χ2v) is 10.7. The molecule has 7 N–H and O–H groups in total. The first-order chi connectivity index (χ1) is 16.7. The van der Waals surface area contributed by atoms with Gasteiger partial charge in [-0.25, -0.2) is 26.4 Å². The minimum Gasteiger partial charge on any atom is -0.748 e. The van der Waals surface area contributed by atoms with E-state index in [0.29, 0.717) is 16.8 Å². The Bertz CT molecular complexity index is 1530. The Kier molecular flexibility index (Phi) is 7.65. The van der Waals surface area contributed by atoms with Gasteiger partial charge < -0.3 is 31.0 Å². The molecule has 0 spiro atoms. The first-order valence-corrected chi connectivity index (χ1v) is 13.0. The fourth-order valence-corrected chi connectivity index (χ4v) is 5.47. The number of aromatic nitrogens is 1. The highest BCUT2D eigenvalue weighted by molar-refractivity contribution is 7.90. The van der Waals surface area contributed by atoms with E-state index in [2.05, 4.69) is 21.8 Å². The molecule has 0 saturated carbocycles. The van der Waals surface area contributed by atoms with Gasteiger partial charge >= 0.3 is 5.96 Å². The van der Waals surface area contributed by atoms with Gasteiger partial charge in [-0.1, -0.05) is 17.9 Å². The summed E-state index contributed by atoms with van der Waals surface area (Å²) in [5, 5.41) is -2.14. The van der Waals surface area contributed by atoms with Gasteiger partial charge in [0.1, 0.15) is 38.2 Å². The van der Waals surface area contributed by atoms with Crippen molar-refractivity contribution in [3.05, 3.63) is 60.1 Å². The second kappa shape index (κ2) is 10.3. The maximum Gasteiger partial charge on any atom is 0.316 e. The molecule has 15 heteroatoms. The number of benzene rings is 1. The molecule has 2 aromatic rings. The maximum atomic E-state index is 11.6. The quantitative estimate of drug-likeness (QED) is 0.101. The third-order valence-electron chi connectivity index (χ3n) is 4.90. The van der Waals surface area contributed by atoms with Crippen molar-refractivity contribution >= 4 is 37.8 Å². The first-order valence-electron chi connectivity index (χ1n) is 10.1. The monoisotopic (exact) mass is 534 g/mol. The van der Waals surface area contributed by atoms with E-state index in [-0.39, 0.29) is 17.5 Å². The number of nitrogens with zero attached hydrogens (tertiary/aromatic N) is 2. The molecule has 1 aromatic carbocycles. The number of allylic oxidation sites excluding steroid dienone is 1. The van der Waals surface area contributed by atoms with Crippen LogP contribution in [0.5, 0.6) is 0 Å². The van der Waals surface area contributed by atoms with Crippen molar-refractivity contribution in [2.45, 2.75) is 17.1 Å². The molecule has 0 unspecified atom stereocenters. The lowest BCUT2D eigenvalue weighted by Gasteiger charge is -2.33. The van der Waals surface area contributed by atoms with Crippen LogP contribution in [-0.2, 0) is 32.0 Å². The van der Waals surface area contributed by atoms with Crippen LogP contribution in [0, 0.1) is 11.8 Å². The number of rotatable bonds is 4. The molecule has 2 heterocycles. The van der Waals surface area contributed by atoms with Crippen molar-refractivity contribution in [2.24, 2.45) is 29.2 Å². The molecule has 3 rings (SSSR count). The lowest BCUT2D eigenvalue weighted by molar-refractivity contribution is -0.671. The van der Waals surface area contributed by atoms with Gasteiger partial charge in [0.15, 0.2) is 12.4 Å². The molecule has 1 aliphatic heterocycles. The van der Waals surface area contributed by atoms with E-state index in [1.54, 1.807) is 18.2 Å². The van der Waals surface area contributed by atoms with E-state index in [4.69, 9.17) is 21.9 Å². The van der Waals surface area contributed by atoms with Crippen molar-refractivity contribution < 1.29 is 40.2 Å². The molecule has 0 amide bonds. The van der Waals surface area contributed by atoms with Gasteiger partial charge in [0.2, 0.25) is 5.44 Å². The molecule has 1 aliphatic rings. The van der Waals surface area contributed by atoms with Crippen LogP contribution in [-0.4, -0.2) is 48.5 Å². The normalized spacial score (nSPS) is 18.3. The molecule has 0 radical (unpaired) electrons. The standard InChI is InChI=1S/C21H22N6O7S2/c1-27-8-6-14(7-9-27)17-5-4-16(25-21(24)26-20(22)23)11-15(17)3-2-13-10-18(35(28,29)30)19(34-12-13)36(31,32)33/h4-9,11-12,18-19H,10H2,1H3,(H7,22,23,24,26,28,29,30,31,32,33)/t18-,19-/m1/s1. The molecular formula is C21H22N6O7S2. The molecule has 2 atom stereocenters. The minimum absolute atomic E-state index is 0.00493. The molecule has 0 saturated heterocycles. The number of hydrogen-bond donors (Lipinski definition) is 4. The molecule has 36 heavy (non-hydrogen) atoms. The predicted octanol–water partition coefficient (Wildman–Crippen LogP) is -3.08. The van der Waals surface area contributed by atoms with E-state index >= 15 is 0 Å². The zero-order valence-electron chi connectivity index (χ0n) is 18.8. The van der Waals surface area contributed by atoms with Crippen molar-refractivity contribution in [2.75, 3.05) is 0 Å². The maximum absolute atomic E-state index is 11.6. The zero-order chi connectivity index (χ0) is 26.7. The van der Waals surface area contributed by atoms with Crippen LogP contribution in [0.2, 0.25) is 0 Å².